The summed E-state index contributed by atoms with van der Waals surface area (Å²) in [7, 11) is 0. The van der Waals surface area contributed by atoms with Crippen LogP contribution in [0.4, 0.5) is 0 Å². The zero-order valence-electron chi connectivity index (χ0n) is 17.3. The number of aliphatic hydroxyl groups is 1. The molecule has 0 fully saturated rings. The van der Waals surface area contributed by atoms with Crippen molar-refractivity contribution in [1.29, 1.82) is 0 Å². The van der Waals surface area contributed by atoms with Gasteiger partial charge in [0.15, 0.2) is 5.60 Å². The summed E-state index contributed by atoms with van der Waals surface area (Å²) in [5.74, 6) is 1.06. The summed E-state index contributed by atoms with van der Waals surface area (Å²) < 4.78 is 0. The molecule has 1 aromatic heterocycles. The molecule has 31 heavy (non-hydrogen) atoms. The number of hydrogen-bond donors (Lipinski definition) is 3. The largest absolute Gasteiger partial charge is 0.372 e. The van der Waals surface area contributed by atoms with Crippen LogP contribution < -0.4 is 5.32 Å². The number of benzene rings is 3. The van der Waals surface area contributed by atoms with Crippen LogP contribution in [0.5, 0.6) is 0 Å². The van der Waals surface area contributed by atoms with E-state index >= 15 is 0 Å². The van der Waals surface area contributed by atoms with Gasteiger partial charge in [-0.25, -0.2) is 4.98 Å². The Morgan fingerprint density at radius 3 is 2.16 bits per heavy atom. The number of nitrogens with one attached hydrogen (secondary N) is 2. The van der Waals surface area contributed by atoms with Gasteiger partial charge in [-0.2, -0.15) is 11.8 Å². The Kier molecular flexibility index (Phi) is 6.39. The summed E-state index contributed by atoms with van der Waals surface area (Å²) in [6, 6.07) is 25.5. The van der Waals surface area contributed by atoms with E-state index in [1.165, 1.54) is 0 Å². The van der Waals surface area contributed by atoms with Gasteiger partial charge >= 0.3 is 0 Å². The van der Waals surface area contributed by atoms with Gasteiger partial charge < -0.3 is 15.4 Å². The second kappa shape index (κ2) is 9.37. The van der Waals surface area contributed by atoms with E-state index in [0.717, 1.165) is 16.8 Å². The Hall–Kier alpha value is -3.09. The van der Waals surface area contributed by atoms with E-state index < -0.39 is 11.5 Å². The molecule has 4 aromatic rings. The molecule has 1 amide bonds. The Morgan fingerprint density at radius 2 is 1.58 bits per heavy atom. The number of aromatic nitrogens is 2. The lowest BCUT2D eigenvalue weighted by Crippen LogP contribution is -2.47. The standard InChI is InChI=1S/C25H25N3O2S/c1-31-17-16-22(23-26-20-14-8-9-15-21(20)27-23)28-24(29)25(30,18-10-4-2-5-11-18)19-12-6-3-7-13-19/h2-15,22,30H,16-17H2,1H3,(H,26,27)(H,28,29)/t22-/m1/s1. The molecule has 0 saturated carbocycles. The minimum Gasteiger partial charge on any atom is -0.372 e. The number of thioether (sulfide) groups is 1. The number of carbonyl (C=O) groups excluding carboxylic acids is 1. The van der Waals surface area contributed by atoms with Gasteiger partial charge in [-0.15, -0.1) is 0 Å². The van der Waals surface area contributed by atoms with E-state index in [9.17, 15) is 9.90 Å². The van der Waals surface area contributed by atoms with Crippen molar-refractivity contribution in [3.05, 3.63) is 102 Å². The van der Waals surface area contributed by atoms with Gasteiger partial charge in [-0.1, -0.05) is 72.8 Å². The molecule has 0 aliphatic rings. The van der Waals surface area contributed by atoms with Crippen LogP contribution in [0.25, 0.3) is 11.0 Å². The third kappa shape index (κ3) is 4.36. The molecule has 3 aromatic carbocycles. The van der Waals surface area contributed by atoms with Gasteiger partial charge in [0.05, 0.1) is 17.1 Å². The fraction of sp³-hybridized carbons (Fsp3) is 0.200. The van der Waals surface area contributed by atoms with Gasteiger partial charge in [0.1, 0.15) is 5.82 Å². The highest BCUT2D eigenvalue weighted by atomic mass is 32.2. The number of hydrogen-bond acceptors (Lipinski definition) is 4. The fourth-order valence-electron chi connectivity index (χ4n) is 3.70. The lowest BCUT2D eigenvalue weighted by molar-refractivity contribution is -0.137. The van der Waals surface area contributed by atoms with Crippen LogP contribution in [0.3, 0.4) is 0 Å². The number of rotatable bonds is 8. The Bertz CT molecular complexity index is 1070. The summed E-state index contributed by atoms with van der Waals surface area (Å²) in [5.41, 5.74) is 0.995. The molecule has 0 aliphatic heterocycles. The molecule has 0 radical (unpaired) electrons. The molecule has 1 heterocycles. The highest BCUT2D eigenvalue weighted by Crippen LogP contribution is 2.31. The molecule has 1 atom stereocenters. The van der Waals surface area contributed by atoms with Crippen molar-refractivity contribution in [2.75, 3.05) is 12.0 Å². The van der Waals surface area contributed by atoms with Crippen molar-refractivity contribution in [2.45, 2.75) is 18.1 Å². The van der Waals surface area contributed by atoms with Crippen LogP contribution in [0.15, 0.2) is 84.9 Å². The van der Waals surface area contributed by atoms with Crippen LogP contribution in [0.1, 0.15) is 29.4 Å². The molecule has 5 nitrogen and oxygen atoms in total. The second-order valence-corrected chi connectivity index (χ2v) is 8.37. The minimum atomic E-state index is -1.81. The summed E-state index contributed by atoms with van der Waals surface area (Å²) in [4.78, 5) is 21.6. The number of nitrogens with zero attached hydrogens (tertiary/aromatic N) is 1. The van der Waals surface area contributed by atoms with E-state index in [4.69, 9.17) is 0 Å². The Labute approximate surface area is 185 Å². The first-order valence-electron chi connectivity index (χ1n) is 10.2. The fourth-order valence-corrected chi connectivity index (χ4v) is 4.17. The lowest BCUT2D eigenvalue weighted by atomic mass is 9.85. The van der Waals surface area contributed by atoms with Gasteiger partial charge in [-0.3, -0.25) is 4.79 Å². The summed E-state index contributed by atoms with van der Waals surface area (Å²) >= 11 is 1.70. The Morgan fingerprint density at radius 1 is 1.00 bits per heavy atom. The normalized spacial score (nSPS) is 12.6. The van der Waals surface area contributed by atoms with Crippen molar-refractivity contribution >= 4 is 28.7 Å². The number of carbonyl (C=O) groups is 1. The van der Waals surface area contributed by atoms with Crippen LogP contribution in [-0.4, -0.2) is 33.0 Å². The number of para-hydroxylation sites is 2. The van der Waals surface area contributed by atoms with Gasteiger partial charge in [0.25, 0.3) is 5.91 Å². The molecule has 0 saturated heterocycles. The zero-order valence-corrected chi connectivity index (χ0v) is 18.1. The summed E-state index contributed by atoms with van der Waals surface area (Å²) in [5, 5.41) is 14.8. The monoisotopic (exact) mass is 431 g/mol. The first kappa shape index (κ1) is 21.2. The third-order valence-electron chi connectivity index (χ3n) is 5.37. The molecule has 0 bridgehead atoms. The molecular weight excluding hydrogens is 406 g/mol. The molecule has 6 heteroatoms. The second-order valence-electron chi connectivity index (χ2n) is 7.39. The maximum Gasteiger partial charge on any atom is 0.262 e. The van der Waals surface area contributed by atoms with Crippen molar-refractivity contribution in [3.63, 3.8) is 0 Å². The van der Waals surface area contributed by atoms with Crippen molar-refractivity contribution in [1.82, 2.24) is 15.3 Å². The summed E-state index contributed by atoms with van der Waals surface area (Å²) in [6.07, 6.45) is 2.72. The number of amides is 1. The Balaban J connectivity index is 1.71. The average Bonchev–Trinajstić information content (AvgIpc) is 3.26. The topological polar surface area (TPSA) is 78.0 Å². The van der Waals surface area contributed by atoms with Crippen LogP contribution in [-0.2, 0) is 10.4 Å². The van der Waals surface area contributed by atoms with E-state index in [-0.39, 0.29) is 6.04 Å². The quantitative estimate of drug-likeness (QED) is 0.386. The molecular formula is C25H25N3O2S. The zero-order chi connectivity index (χ0) is 21.7. The smallest absolute Gasteiger partial charge is 0.262 e. The van der Waals surface area contributed by atoms with Gasteiger partial charge in [-0.05, 0) is 41.7 Å². The lowest BCUT2D eigenvalue weighted by Gasteiger charge is -2.30. The average molecular weight is 432 g/mol. The molecule has 0 aliphatic carbocycles. The predicted octanol–water partition coefficient (Wildman–Crippen LogP) is 4.41. The highest BCUT2D eigenvalue weighted by Gasteiger charge is 2.41. The van der Waals surface area contributed by atoms with E-state index in [2.05, 4.69) is 15.3 Å². The van der Waals surface area contributed by atoms with Crippen LogP contribution in [0.2, 0.25) is 0 Å². The number of fused-ring (bicyclic) bond motifs is 1. The molecule has 0 unspecified atom stereocenters. The maximum absolute atomic E-state index is 13.6. The molecule has 3 N–H and O–H groups in total. The van der Waals surface area contributed by atoms with E-state index in [0.29, 0.717) is 23.4 Å². The van der Waals surface area contributed by atoms with Gasteiger partial charge in [0.2, 0.25) is 0 Å². The van der Waals surface area contributed by atoms with E-state index in [1.54, 1.807) is 36.0 Å². The van der Waals surface area contributed by atoms with Crippen molar-refractivity contribution in [2.24, 2.45) is 0 Å². The first-order valence-corrected chi connectivity index (χ1v) is 11.6. The predicted molar refractivity (Wildman–Crippen MR) is 126 cm³/mol. The maximum atomic E-state index is 13.6. The number of imidazole rings is 1. The molecule has 0 spiro atoms. The third-order valence-corrected chi connectivity index (χ3v) is 6.01. The highest BCUT2D eigenvalue weighted by molar-refractivity contribution is 7.98. The number of H-pyrrole nitrogens is 1. The van der Waals surface area contributed by atoms with E-state index in [1.807, 2.05) is 66.9 Å². The van der Waals surface area contributed by atoms with Crippen molar-refractivity contribution in [3.8, 4) is 0 Å². The SMILES string of the molecule is CSCC[C@@H](NC(=O)C(O)(c1ccccc1)c1ccccc1)c1nc2ccccc2[nH]1. The number of aromatic amines is 1. The molecule has 158 valence electrons. The van der Waals surface area contributed by atoms with Crippen LogP contribution in [0, 0.1) is 0 Å². The first-order chi connectivity index (χ1) is 15.1. The van der Waals surface area contributed by atoms with Gasteiger partial charge in [0, 0.05) is 0 Å². The summed E-state index contributed by atoms with van der Waals surface area (Å²) in [6.45, 7) is 0. The van der Waals surface area contributed by atoms with Crippen LogP contribution >= 0.6 is 11.8 Å². The molecule has 4 rings (SSSR count). The minimum absolute atomic E-state index is 0.355. The van der Waals surface area contributed by atoms with Crippen molar-refractivity contribution < 1.29 is 9.90 Å².